The monoisotopic (exact) mass is 476 g/mol. The van der Waals surface area contributed by atoms with Crippen LogP contribution in [0.1, 0.15) is 50.0 Å². The second kappa shape index (κ2) is 7.31. The Morgan fingerprint density at radius 2 is 1.79 bits per heavy atom. The average molecular weight is 476 g/mol. The van der Waals surface area contributed by atoms with Crippen molar-refractivity contribution in [2.45, 2.75) is 51.3 Å². The molecule has 3 aliphatic rings. The molecule has 1 aromatic carbocycles. The Bertz CT molecular complexity index is 1290. The number of pyridine rings is 1. The zero-order chi connectivity index (χ0) is 24.7. The number of nitrogens with two attached hydrogens (primary N) is 1. The minimum absolute atomic E-state index is 0.00301. The molecule has 1 saturated heterocycles. The number of carbonyl (C=O) groups is 2. The van der Waals surface area contributed by atoms with Crippen molar-refractivity contribution in [3.8, 4) is 0 Å². The molecule has 0 spiro atoms. The Morgan fingerprint density at radius 3 is 2.32 bits per heavy atom. The standard InChI is InChI=1S/C23H26F2N4O5/c1-23(2,3)34-22(33)27-17-10-6-28(7-11(10)17)19-14(24)16(26)13-18(15(19)25)29(9-4-5-9)8-12(20(13)30)21(31)32/h8-11,17H,4-7,26H2,1-3H3,(H,27,33)(H,31,32)/t10-,11+,17?. The number of nitrogens with zero attached hydrogens (tertiary/aromatic N) is 2. The summed E-state index contributed by atoms with van der Waals surface area (Å²) in [4.78, 5) is 37.9. The molecule has 1 aromatic heterocycles. The number of aromatic nitrogens is 1. The molecule has 2 aromatic rings. The number of fused-ring (bicyclic) bond motifs is 2. The fourth-order valence-electron chi connectivity index (χ4n) is 4.99. The third-order valence-electron chi connectivity index (χ3n) is 6.73. The fourth-order valence-corrected chi connectivity index (χ4v) is 4.99. The molecular formula is C23H26F2N4O5. The van der Waals surface area contributed by atoms with E-state index in [0.29, 0.717) is 25.9 Å². The van der Waals surface area contributed by atoms with E-state index in [4.69, 9.17) is 10.5 Å². The number of halogens is 2. The maximum Gasteiger partial charge on any atom is 0.407 e. The smallest absolute Gasteiger partial charge is 0.407 e. The number of nitrogens with one attached hydrogen (secondary N) is 1. The summed E-state index contributed by atoms with van der Waals surface area (Å²) in [6.07, 6.45) is 1.97. The summed E-state index contributed by atoms with van der Waals surface area (Å²) < 4.78 is 37.8. The van der Waals surface area contributed by atoms with Crippen LogP contribution in [-0.2, 0) is 4.74 Å². The Balaban J connectivity index is 1.48. The minimum atomic E-state index is -1.48. The maximum atomic E-state index is 15.8. The summed E-state index contributed by atoms with van der Waals surface area (Å²) >= 11 is 0. The number of carboxylic acids is 1. The Morgan fingerprint density at radius 1 is 1.18 bits per heavy atom. The number of anilines is 2. The van der Waals surface area contributed by atoms with Gasteiger partial charge in [-0.15, -0.1) is 0 Å². The second-order valence-electron chi connectivity index (χ2n) is 10.3. The van der Waals surface area contributed by atoms with Crippen LogP contribution in [0.15, 0.2) is 11.0 Å². The van der Waals surface area contributed by atoms with Crippen LogP contribution < -0.4 is 21.4 Å². The molecule has 1 aliphatic heterocycles. The average Bonchev–Trinajstić information content (AvgIpc) is 3.62. The molecule has 3 fully saturated rings. The lowest BCUT2D eigenvalue weighted by atomic mass is 10.1. The highest BCUT2D eigenvalue weighted by atomic mass is 19.1. The lowest BCUT2D eigenvalue weighted by molar-refractivity contribution is 0.0517. The van der Waals surface area contributed by atoms with Gasteiger partial charge in [0.1, 0.15) is 16.9 Å². The molecule has 11 heteroatoms. The van der Waals surface area contributed by atoms with Crippen LogP contribution in [-0.4, -0.2) is 46.5 Å². The number of hydrogen-bond donors (Lipinski definition) is 3. The molecule has 2 heterocycles. The number of carbonyl (C=O) groups excluding carboxylic acids is 1. The summed E-state index contributed by atoms with van der Waals surface area (Å²) in [5.74, 6) is -3.48. The van der Waals surface area contributed by atoms with Crippen molar-refractivity contribution in [3.63, 3.8) is 0 Å². The summed E-state index contributed by atoms with van der Waals surface area (Å²) in [5, 5.41) is 11.8. The first kappa shape index (κ1) is 22.4. The maximum absolute atomic E-state index is 15.8. The Kier molecular flexibility index (Phi) is 4.82. The molecule has 2 saturated carbocycles. The van der Waals surface area contributed by atoms with Gasteiger partial charge in [-0.3, -0.25) is 4.79 Å². The van der Waals surface area contributed by atoms with E-state index in [0.717, 1.165) is 6.20 Å². The lowest BCUT2D eigenvalue weighted by Crippen LogP contribution is -2.38. The predicted octanol–water partition coefficient (Wildman–Crippen LogP) is 2.85. The van der Waals surface area contributed by atoms with Gasteiger partial charge in [-0.05, 0) is 33.6 Å². The minimum Gasteiger partial charge on any atom is -0.477 e. The predicted molar refractivity (Wildman–Crippen MR) is 120 cm³/mol. The number of aromatic carboxylic acids is 1. The molecule has 34 heavy (non-hydrogen) atoms. The topological polar surface area (TPSA) is 127 Å². The van der Waals surface area contributed by atoms with Crippen molar-refractivity contribution >= 4 is 34.3 Å². The number of hydrogen-bond acceptors (Lipinski definition) is 6. The van der Waals surface area contributed by atoms with E-state index >= 15 is 8.78 Å². The quantitative estimate of drug-likeness (QED) is 0.579. The second-order valence-corrected chi connectivity index (χ2v) is 10.3. The van der Waals surface area contributed by atoms with Crippen molar-refractivity contribution < 1.29 is 28.2 Å². The van der Waals surface area contributed by atoms with Gasteiger partial charge in [0.05, 0.1) is 16.6 Å². The molecule has 4 N–H and O–H groups in total. The van der Waals surface area contributed by atoms with E-state index in [9.17, 15) is 19.5 Å². The summed E-state index contributed by atoms with van der Waals surface area (Å²) in [6, 6.07) is -0.319. The van der Waals surface area contributed by atoms with E-state index in [1.165, 1.54) is 9.47 Å². The highest BCUT2D eigenvalue weighted by molar-refractivity contribution is 5.99. The Labute approximate surface area is 193 Å². The van der Waals surface area contributed by atoms with Crippen LogP contribution in [0.3, 0.4) is 0 Å². The van der Waals surface area contributed by atoms with Gasteiger partial charge < -0.3 is 30.4 Å². The summed E-state index contributed by atoms with van der Waals surface area (Å²) in [6.45, 7) is 5.88. The third-order valence-corrected chi connectivity index (χ3v) is 6.73. The molecule has 1 unspecified atom stereocenters. The van der Waals surface area contributed by atoms with Gasteiger partial charge in [0, 0.05) is 43.2 Å². The summed E-state index contributed by atoms with van der Waals surface area (Å²) in [5.41, 5.74) is 2.70. The molecule has 1 amide bonds. The highest BCUT2D eigenvalue weighted by Gasteiger charge is 2.57. The van der Waals surface area contributed by atoms with Crippen LogP contribution in [0.5, 0.6) is 0 Å². The number of carboxylic acid groups (broad SMARTS) is 1. The third kappa shape index (κ3) is 3.54. The van der Waals surface area contributed by atoms with Gasteiger partial charge in [0.2, 0.25) is 5.43 Å². The van der Waals surface area contributed by atoms with E-state index in [-0.39, 0.29) is 35.1 Å². The van der Waals surface area contributed by atoms with Gasteiger partial charge in [-0.1, -0.05) is 0 Å². The first-order chi connectivity index (χ1) is 15.9. The largest absolute Gasteiger partial charge is 0.477 e. The van der Waals surface area contributed by atoms with Crippen molar-refractivity contribution in [3.05, 3.63) is 33.6 Å². The molecule has 0 radical (unpaired) electrons. The molecule has 3 atom stereocenters. The van der Waals surface area contributed by atoms with Crippen molar-refractivity contribution in [2.75, 3.05) is 23.7 Å². The van der Waals surface area contributed by atoms with Crippen LogP contribution in [0, 0.1) is 23.5 Å². The summed E-state index contributed by atoms with van der Waals surface area (Å²) in [7, 11) is 0. The zero-order valence-corrected chi connectivity index (χ0v) is 19.0. The number of piperidine rings is 1. The number of alkyl carbamates (subject to hydrolysis) is 1. The van der Waals surface area contributed by atoms with Gasteiger partial charge in [-0.2, -0.15) is 0 Å². The Hall–Kier alpha value is -3.37. The number of amides is 1. The number of ether oxygens (including phenoxy) is 1. The first-order valence-corrected chi connectivity index (χ1v) is 11.2. The van der Waals surface area contributed by atoms with Crippen LogP contribution in [0.2, 0.25) is 0 Å². The van der Waals surface area contributed by atoms with Crippen LogP contribution in [0.4, 0.5) is 25.0 Å². The van der Waals surface area contributed by atoms with E-state index < -0.39 is 51.4 Å². The first-order valence-electron chi connectivity index (χ1n) is 11.2. The molecule has 9 nitrogen and oxygen atoms in total. The number of nitrogen functional groups attached to an aromatic ring is 1. The van der Waals surface area contributed by atoms with Gasteiger partial charge in [-0.25, -0.2) is 18.4 Å². The van der Waals surface area contributed by atoms with Crippen LogP contribution in [0.25, 0.3) is 10.9 Å². The van der Waals surface area contributed by atoms with E-state index in [1.54, 1.807) is 20.8 Å². The molecule has 2 aliphatic carbocycles. The van der Waals surface area contributed by atoms with Gasteiger partial charge in [0.25, 0.3) is 0 Å². The van der Waals surface area contributed by atoms with E-state index in [2.05, 4.69) is 5.32 Å². The highest BCUT2D eigenvalue weighted by Crippen LogP contribution is 2.49. The molecular weight excluding hydrogens is 450 g/mol. The number of rotatable bonds is 4. The van der Waals surface area contributed by atoms with Gasteiger partial charge in [0.15, 0.2) is 11.6 Å². The van der Waals surface area contributed by atoms with Crippen molar-refractivity contribution in [1.82, 2.24) is 9.88 Å². The zero-order valence-electron chi connectivity index (χ0n) is 19.0. The molecule has 5 rings (SSSR count). The number of benzene rings is 1. The van der Waals surface area contributed by atoms with Crippen molar-refractivity contribution in [1.29, 1.82) is 0 Å². The van der Waals surface area contributed by atoms with Gasteiger partial charge >= 0.3 is 12.1 Å². The fraction of sp³-hybridized carbons (Fsp3) is 0.522. The SMILES string of the molecule is CC(C)(C)OC(=O)NC1[C@H]2CN(c3c(F)c(N)c4c(=O)c(C(=O)O)cn(C5CC5)c4c3F)C[C@@H]12. The van der Waals surface area contributed by atoms with E-state index in [1.807, 2.05) is 0 Å². The lowest BCUT2D eigenvalue weighted by Gasteiger charge is -2.26. The van der Waals surface area contributed by atoms with Crippen molar-refractivity contribution in [2.24, 2.45) is 11.8 Å². The van der Waals surface area contributed by atoms with Crippen LogP contribution >= 0.6 is 0 Å². The normalized spacial score (nSPS) is 23.7. The molecule has 182 valence electrons. The molecule has 0 bridgehead atoms.